The van der Waals surface area contributed by atoms with Crippen LogP contribution < -0.4 is 10.6 Å². The molecule has 1 aromatic carbocycles. The second-order valence-electron chi connectivity index (χ2n) is 4.15. The predicted molar refractivity (Wildman–Crippen MR) is 68.3 cm³/mol. The van der Waals surface area contributed by atoms with E-state index in [-0.39, 0.29) is 5.82 Å². The zero-order valence-electron chi connectivity index (χ0n) is 10.4. The largest absolute Gasteiger partial charge is 0.397 e. The maximum atomic E-state index is 13.3. The van der Waals surface area contributed by atoms with Crippen molar-refractivity contribution in [3.8, 4) is 0 Å². The third-order valence-electron chi connectivity index (χ3n) is 2.64. The van der Waals surface area contributed by atoms with Crippen LogP contribution in [0.2, 0.25) is 0 Å². The van der Waals surface area contributed by atoms with E-state index in [2.05, 4.69) is 18.7 Å². The van der Waals surface area contributed by atoms with Gasteiger partial charge in [0.05, 0.1) is 11.4 Å². The second kappa shape index (κ2) is 5.73. The van der Waals surface area contributed by atoms with Crippen LogP contribution in [0.4, 0.5) is 15.8 Å². The smallest absolute Gasteiger partial charge is 0.128 e. The van der Waals surface area contributed by atoms with Crippen molar-refractivity contribution in [2.75, 3.05) is 23.7 Å². The van der Waals surface area contributed by atoms with Gasteiger partial charge in [-0.2, -0.15) is 0 Å². The Kier molecular flexibility index (Phi) is 4.59. The molecule has 90 valence electrons. The van der Waals surface area contributed by atoms with E-state index >= 15 is 0 Å². The van der Waals surface area contributed by atoms with Crippen LogP contribution in [0.3, 0.4) is 0 Å². The molecule has 0 amide bonds. The Morgan fingerprint density at radius 3 is 2.25 bits per heavy atom. The van der Waals surface area contributed by atoms with E-state index in [0.717, 1.165) is 31.6 Å². The summed E-state index contributed by atoms with van der Waals surface area (Å²) in [5, 5.41) is 0. The number of nitrogen functional groups attached to an aromatic ring is 1. The molecule has 16 heavy (non-hydrogen) atoms. The molecule has 0 aliphatic heterocycles. The van der Waals surface area contributed by atoms with E-state index in [4.69, 9.17) is 5.73 Å². The first-order valence-electron chi connectivity index (χ1n) is 5.90. The van der Waals surface area contributed by atoms with Crippen LogP contribution in [0.15, 0.2) is 12.1 Å². The average molecular weight is 224 g/mol. The van der Waals surface area contributed by atoms with Gasteiger partial charge in [0.15, 0.2) is 0 Å². The van der Waals surface area contributed by atoms with Gasteiger partial charge in [-0.05, 0) is 37.5 Å². The first-order valence-corrected chi connectivity index (χ1v) is 5.90. The molecular formula is C13H21FN2. The van der Waals surface area contributed by atoms with Crippen molar-refractivity contribution < 1.29 is 4.39 Å². The lowest BCUT2D eigenvalue weighted by atomic mass is 10.1. The summed E-state index contributed by atoms with van der Waals surface area (Å²) in [5.41, 5.74) is 8.02. The Labute approximate surface area is 97.3 Å². The molecule has 0 saturated carbocycles. The van der Waals surface area contributed by atoms with Gasteiger partial charge in [0.1, 0.15) is 5.82 Å². The summed E-state index contributed by atoms with van der Waals surface area (Å²) < 4.78 is 13.3. The fourth-order valence-electron chi connectivity index (χ4n) is 1.85. The summed E-state index contributed by atoms with van der Waals surface area (Å²) in [6.45, 7) is 7.96. The summed E-state index contributed by atoms with van der Waals surface area (Å²) >= 11 is 0. The van der Waals surface area contributed by atoms with Crippen LogP contribution in [0.1, 0.15) is 32.3 Å². The minimum Gasteiger partial charge on any atom is -0.397 e. The Morgan fingerprint density at radius 2 is 1.75 bits per heavy atom. The molecule has 0 aliphatic carbocycles. The molecule has 2 N–H and O–H groups in total. The standard InChI is InChI=1S/C13H21FN2/c1-4-6-16(7-5-2)13-8-10(3)11(14)9-12(13)15/h8-9H,4-7,15H2,1-3H3. The zero-order valence-corrected chi connectivity index (χ0v) is 10.4. The molecule has 0 atom stereocenters. The Morgan fingerprint density at radius 1 is 1.19 bits per heavy atom. The van der Waals surface area contributed by atoms with Gasteiger partial charge in [0.25, 0.3) is 0 Å². The first kappa shape index (κ1) is 12.8. The van der Waals surface area contributed by atoms with Gasteiger partial charge in [-0.25, -0.2) is 4.39 Å². The normalized spacial score (nSPS) is 10.5. The molecule has 0 spiro atoms. The Hall–Kier alpha value is -1.25. The van der Waals surface area contributed by atoms with E-state index in [0.29, 0.717) is 11.3 Å². The number of halogens is 1. The number of nitrogens with two attached hydrogens (primary N) is 1. The van der Waals surface area contributed by atoms with Crippen molar-refractivity contribution in [1.82, 2.24) is 0 Å². The average Bonchev–Trinajstić information content (AvgIpc) is 2.23. The number of rotatable bonds is 5. The number of aryl methyl sites for hydroxylation is 1. The topological polar surface area (TPSA) is 29.3 Å². The lowest BCUT2D eigenvalue weighted by Gasteiger charge is -2.25. The second-order valence-corrected chi connectivity index (χ2v) is 4.15. The maximum Gasteiger partial charge on any atom is 0.128 e. The quantitative estimate of drug-likeness (QED) is 0.777. The lowest BCUT2D eigenvalue weighted by molar-refractivity contribution is 0.618. The third kappa shape index (κ3) is 2.87. The maximum absolute atomic E-state index is 13.3. The zero-order chi connectivity index (χ0) is 12.1. The van der Waals surface area contributed by atoms with Crippen molar-refractivity contribution in [3.05, 3.63) is 23.5 Å². The molecule has 0 bridgehead atoms. The van der Waals surface area contributed by atoms with E-state index in [1.54, 1.807) is 6.92 Å². The monoisotopic (exact) mass is 224 g/mol. The fraction of sp³-hybridized carbons (Fsp3) is 0.538. The molecule has 0 aliphatic rings. The lowest BCUT2D eigenvalue weighted by Crippen LogP contribution is -2.26. The van der Waals surface area contributed by atoms with Gasteiger partial charge >= 0.3 is 0 Å². The molecular weight excluding hydrogens is 203 g/mol. The molecule has 0 fully saturated rings. The summed E-state index contributed by atoms with van der Waals surface area (Å²) in [7, 11) is 0. The minimum atomic E-state index is -0.228. The van der Waals surface area contributed by atoms with E-state index in [1.807, 2.05) is 6.07 Å². The van der Waals surface area contributed by atoms with Crippen LogP contribution in [0.5, 0.6) is 0 Å². The first-order chi connectivity index (χ1) is 7.60. The van der Waals surface area contributed by atoms with Crippen molar-refractivity contribution in [2.24, 2.45) is 0 Å². The van der Waals surface area contributed by atoms with Gasteiger partial charge in [-0.15, -0.1) is 0 Å². The fourth-order valence-corrected chi connectivity index (χ4v) is 1.85. The van der Waals surface area contributed by atoms with Crippen molar-refractivity contribution in [1.29, 1.82) is 0 Å². The molecule has 0 radical (unpaired) electrons. The van der Waals surface area contributed by atoms with E-state index in [9.17, 15) is 4.39 Å². The molecule has 0 saturated heterocycles. The van der Waals surface area contributed by atoms with E-state index < -0.39 is 0 Å². The summed E-state index contributed by atoms with van der Waals surface area (Å²) in [6.07, 6.45) is 2.13. The number of hydrogen-bond acceptors (Lipinski definition) is 2. The van der Waals surface area contributed by atoms with Crippen LogP contribution in [-0.4, -0.2) is 13.1 Å². The van der Waals surface area contributed by atoms with Crippen molar-refractivity contribution in [3.63, 3.8) is 0 Å². The highest BCUT2D eigenvalue weighted by molar-refractivity contribution is 5.68. The highest BCUT2D eigenvalue weighted by Crippen LogP contribution is 2.26. The van der Waals surface area contributed by atoms with Crippen molar-refractivity contribution in [2.45, 2.75) is 33.6 Å². The molecule has 2 nitrogen and oxygen atoms in total. The third-order valence-corrected chi connectivity index (χ3v) is 2.64. The molecule has 1 rings (SSSR count). The number of benzene rings is 1. The highest BCUT2D eigenvalue weighted by Gasteiger charge is 2.10. The summed E-state index contributed by atoms with van der Waals surface area (Å²) in [5.74, 6) is -0.228. The summed E-state index contributed by atoms with van der Waals surface area (Å²) in [6, 6.07) is 3.26. The van der Waals surface area contributed by atoms with Crippen LogP contribution in [0.25, 0.3) is 0 Å². The number of anilines is 2. The van der Waals surface area contributed by atoms with Gasteiger partial charge < -0.3 is 10.6 Å². The van der Waals surface area contributed by atoms with Crippen LogP contribution in [-0.2, 0) is 0 Å². The van der Waals surface area contributed by atoms with Crippen LogP contribution >= 0.6 is 0 Å². The number of hydrogen-bond donors (Lipinski definition) is 1. The van der Waals surface area contributed by atoms with Crippen LogP contribution in [0, 0.1) is 12.7 Å². The van der Waals surface area contributed by atoms with Gasteiger partial charge in [-0.1, -0.05) is 13.8 Å². The Balaban J connectivity index is 3.03. The highest BCUT2D eigenvalue weighted by atomic mass is 19.1. The molecule has 1 aromatic rings. The van der Waals surface area contributed by atoms with Gasteiger partial charge in [0.2, 0.25) is 0 Å². The van der Waals surface area contributed by atoms with Gasteiger partial charge in [0, 0.05) is 13.1 Å². The summed E-state index contributed by atoms with van der Waals surface area (Å²) in [4.78, 5) is 2.22. The van der Waals surface area contributed by atoms with Crippen molar-refractivity contribution >= 4 is 11.4 Å². The molecule has 0 aromatic heterocycles. The Bertz CT molecular complexity index is 344. The molecule has 0 unspecified atom stereocenters. The minimum absolute atomic E-state index is 0.228. The predicted octanol–water partition coefficient (Wildman–Crippen LogP) is 3.34. The molecule has 0 heterocycles. The van der Waals surface area contributed by atoms with E-state index in [1.165, 1.54) is 6.07 Å². The SMILES string of the molecule is CCCN(CCC)c1cc(C)c(F)cc1N. The van der Waals surface area contributed by atoms with Gasteiger partial charge in [-0.3, -0.25) is 0 Å². The molecule has 3 heteroatoms. The number of nitrogens with zero attached hydrogens (tertiary/aromatic N) is 1.